The first-order chi connectivity index (χ1) is 10.9. The quantitative estimate of drug-likeness (QED) is 0.558. The number of benzene rings is 1. The minimum absolute atomic E-state index is 0.0475. The van der Waals surface area contributed by atoms with Crippen LogP contribution in [0, 0.1) is 5.92 Å². The summed E-state index contributed by atoms with van der Waals surface area (Å²) in [5, 5.41) is 3.42. The first kappa shape index (κ1) is 18.2. The third kappa shape index (κ3) is 4.46. The van der Waals surface area contributed by atoms with Gasteiger partial charge in [0.15, 0.2) is 0 Å². The minimum atomic E-state index is -0.251. The molecule has 0 aromatic heterocycles. The van der Waals surface area contributed by atoms with Gasteiger partial charge in [-0.1, -0.05) is 23.2 Å². The topological polar surface area (TPSA) is 75.4 Å². The summed E-state index contributed by atoms with van der Waals surface area (Å²) in [5.41, 5.74) is 6.38. The molecule has 1 aliphatic rings. The Labute approximate surface area is 150 Å². The van der Waals surface area contributed by atoms with Gasteiger partial charge < -0.3 is 16.0 Å². The summed E-state index contributed by atoms with van der Waals surface area (Å²) in [4.78, 5) is 26.4. The van der Waals surface area contributed by atoms with Crippen LogP contribution < -0.4 is 11.1 Å². The first-order valence-corrected chi connectivity index (χ1v) is 8.75. The normalized spacial score (nSPS) is 17.9. The summed E-state index contributed by atoms with van der Waals surface area (Å²) >= 11 is 16.0. The second-order valence-electron chi connectivity index (χ2n) is 5.45. The van der Waals surface area contributed by atoms with Crippen molar-refractivity contribution >= 4 is 53.3 Å². The number of anilines is 1. The van der Waals surface area contributed by atoms with Crippen molar-refractivity contribution in [3.63, 3.8) is 0 Å². The zero-order chi connectivity index (χ0) is 17.0. The average Bonchev–Trinajstić information content (AvgIpc) is 2.55. The SMILES string of the molecule is Nc1c(Cl)cc(Cl)cc1C(=O)N1CCC[C@H](C(=O)NCCS)C1. The van der Waals surface area contributed by atoms with E-state index in [9.17, 15) is 9.59 Å². The molecule has 1 saturated heterocycles. The van der Waals surface area contributed by atoms with Crippen molar-refractivity contribution in [3.8, 4) is 0 Å². The van der Waals surface area contributed by atoms with Gasteiger partial charge in [-0.3, -0.25) is 9.59 Å². The van der Waals surface area contributed by atoms with Crippen LogP contribution in [0.4, 0.5) is 5.69 Å². The van der Waals surface area contributed by atoms with Crippen LogP contribution in [0.25, 0.3) is 0 Å². The van der Waals surface area contributed by atoms with Crippen LogP contribution in [-0.4, -0.2) is 42.1 Å². The molecule has 1 aliphatic heterocycles. The van der Waals surface area contributed by atoms with E-state index in [0.717, 1.165) is 12.8 Å². The molecule has 0 spiro atoms. The van der Waals surface area contributed by atoms with Gasteiger partial charge in [-0.15, -0.1) is 0 Å². The van der Waals surface area contributed by atoms with Crippen LogP contribution in [0.3, 0.4) is 0 Å². The van der Waals surface area contributed by atoms with Crippen molar-refractivity contribution in [1.82, 2.24) is 10.2 Å². The Kier molecular flexibility index (Phi) is 6.44. The number of hydrogen-bond donors (Lipinski definition) is 3. The molecular weight excluding hydrogens is 357 g/mol. The third-order valence-corrected chi connectivity index (χ3v) is 4.57. The fourth-order valence-electron chi connectivity index (χ4n) is 2.63. The molecule has 0 saturated carbocycles. The van der Waals surface area contributed by atoms with E-state index in [1.54, 1.807) is 4.90 Å². The molecule has 8 heteroatoms. The number of hydrogen-bond acceptors (Lipinski definition) is 4. The second kappa shape index (κ2) is 8.13. The molecule has 126 valence electrons. The lowest BCUT2D eigenvalue weighted by Gasteiger charge is -2.32. The number of carbonyl (C=O) groups excluding carboxylic acids is 2. The molecule has 23 heavy (non-hydrogen) atoms. The number of nitrogens with one attached hydrogen (secondary N) is 1. The Morgan fingerprint density at radius 3 is 2.83 bits per heavy atom. The predicted octanol–water partition coefficient (Wildman–Crippen LogP) is 2.47. The van der Waals surface area contributed by atoms with Crippen LogP contribution in [-0.2, 0) is 4.79 Å². The molecule has 0 unspecified atom stereocenters. The highest BCUT2D eigenvalue weighted by Crippen LogP contribution is 2.29. The van der Waals surface area contributed by atoms with E-state index in [1.807, 2.05) is 0 Å². The number of halogens is 2. The van der Waals surface area contributed by atoms with Gasteiger partial charge in [0.1, 0.15) is 0 Å². The van der Waals surface area contributed by atoms with E-state index in [-0.39, 0.29) is 34.0 Å². The predicted molar refractivity (Wildman–Crippen MR) is 96.4 cm³/mol. The smallest absolute Gasteiger partial charge is 0.256 e. The largest absolute Gasteiger partial charge is 0.397 e. The Morgan fingerprint density at radius 2 is 2.13 bits per heavy atom. The van der Waals surface area contributed by atoms with E-state index >= 15 is 0 Å². The number of piperidine rings is 1. The van der Waals surface area contributed by atoms with Crippen LogP contribution in [0.1, 0.15) is 23.2 Å². The molecule has 5 nitrogen and oxygen atoms in total. The van der Waals surface area contributed by atoms with Crippen LogP contribution in [0.5, 0.6) is 0 Å². The summed E-state index contributed by atoms with van der Waals surface area (Å²) < 4.78 is 0. The van der Waals surface area contributed by atoms with Crippen molar-refractivity contribution in [3.05, 3.63) is 27.7 Å². The van der Waals surface area contributed by atoms with Gasteiger partial charge in [0.2, 0.25) is 5.91 Å². The summed E-state index contributed by atoms with van der Waals surface area (Å²) in [5.74, 6) is 0.0641. The Bertz CT molecular complexity index is 613. The van der Waals surface area contributed by atoms with E-state index in [2.05, 4.69) is 17.9 Å². The first-order valence-electron chi connectivity index (χ1n) is 7.36. The van der Waals surface area contributed by atoms with Gasteiger partial charge >= 0.3 is 0 Å². The maximum atomic E-state index is 12.7. The molecule has 1 aromatic rings. The maximum absolute atomic E-state index is 12.7. The number of carbonyl (C=O) groups is 2. The lowest BCUT2D eigenvalue weighted by Crippen LogP contribution is -2.45. The lowest BCUT2D eigenvalue weighted by molar-refractivity contribution is -0.126. The monoisotopic (exact) mass is 375 g/mol. The standard InChI is InChI=1S/C15H19Cl2N3O2S/c16-10-6-11(13(18)12(17)7-10)15(22)20-4-1-2-9(8-20)14(21)19-3-5-23/h6-7,9,23H,1-5,8,18H2,(H,19,21)/t9-/m0/s1. The Morgan fingerprint density at radius 1 is 1.39 bits per heavy atom. The van der Waals surface area contributed by atoms with Gasteiger partial charge in [0.25, 0.3) is 5.91 Å². The van der Waals surface area contributed by atoms with Gasteiger partial charge in [-0.2, -0.15) is 12.6 Å². The third-order valence-electron chi connectivity index (χ3n) is 3.82. The molecule has 1 atom stereocenters. The molecular formula is C15H19Cl2N3O2S. The molecule has 3 N–H and O–H groups in total. The van der Waals surface area contributed by atoms with Gasteiger partial charge in [-0.05, 0) is 25.0 Å². The molecule has 1 heterocycles. The fraction of sp³-hybridized carbons (Fsp3) is 0.467. The number of likely N-dealkylation sites (tertiary alicyclic amines) is 1. The van der Waals surface area contributed by atoms with Crippen molar-refractivity contribution in [2.24, 2.45) is 5.92 Å². The van der Waals surface area contributed by atoms with Gasteiger partial charge in [0, 0.05) is 30.4 Å². The van der Waals surface area contributed by atoms with E-state index in [0.29, 0.717) is 30.4 Å². The summed E-state index contributed by atoms with van der Waals surface area (Å²) in [6.45, 7) is 1.46. The molecule has 1 fully saturated rings. The molecule has 0 radical (unpaired) electrons. The fourth-order valence-corrected chi connectivity index (χ4v) is 3.24. The zero-order valence-corrected chi connectivity index (χ0v) is 14.9. The van der Waals surface area contributed by atoms with Crippen molar-refractivity contribution < 1.29 is 9.59 Å². The number of nitrogen functional groups attached to an aromatic ring is 1. The minimum Gasteiger partial charge on any atom is -0.397 e. The highest BCUT2D eigenvalue weighted by molar-refractivity contribution is 7.80. The van der Waals surface area contributed by atoms with Crippen LogP contribution >= 0.6 is 35.8 Å². The molecule has 0 bridgehead atoms. The van der Waals surface area contributed by atoms with Crippen LogP contribution in [0.15, 0.2) is 12.1 Å². The maximum Gasteiger partial charge on any atom is 0.256 e. The summed E-state index contributed by atoms with van der Waals surface area (Å²) in [6, 6.07) is 3.01. The van der Waals surface area contributed by atoms with E-state index in [1.165, 1.54) is 12.1 Å². The number of rotatable bonds is 4. The number of nitrogens with two attached hydrogens (primary N) is 1. The van der Waals surface area contributed by atoms with Crippen molar-refractivity contribution in [1.29, 1.82) is 0 Å². The molecule has 1 aromatic carbocycles. The molecule has 2 rings (SSSR count). The second-order valence-corrected chi connectivity index (χ2v) is 6.74. The van der Waals surface area contributed by atoms with E-state index in [4.69, 9.17) is 28.9 Å². The zero-order valence-electron chi connectivity index (χ0n) is 12.5. The van der Waals surface area contributed by atoms with Crippen molar-refractivity contribution in [2.75, 3.05) is 31.1 Å². The highest BCUT2D eigenvalue weighted by atomic mass is 35.5. The summed E-state index contributed by atoms with van der Waals surface area (Å²) in [7, 11) is 0. The highest BCUT2D eigenvalue weighted by Gasteiger charge is 2.29. The number of thiol groups is 1. The van der Waals surface area contributed by atoms with Gasteiger partial charge in [0.05, 0.1) is 22.2 Å². The Balaban J connectivity index is 2.12. The number of amides is 2. The Hall–Kier alpha value is -1.11. The van der Waals surface area contributed by atoms with Crippen LogP contribution in [0.2, 0.25) is 10.0 Å². The number of nitrogens with zero attached hydrogens (tertiary/aromatic N) is 1. The van der Waals surface area contributed by atoms with Crippen molar-refractivity contribution in [2.45, 2.75) is 12.8 Å². The lowest BCUT2D eigenvalue weighted by atomic mass is 9.96. The van der Waals surface area contributed by atoms with Gasteiger partial charge in [-0.25, -0.2) is 0 Å². The van der Waals surface area contributed by atoms with E-state index < -0.39 is 0 Å². The summed E-state index contributed by atoms with van der Waals surface area (Å²) in [6.07, 6.45) is 1.52. The molecule has 0 aliphatic carbocycles. The molecule has 2 amide bonds. The average molecular weight is 376 g/mol.